The first-order valence-electron chi connectivity index (χ1n) is 5.82. The van der Waals surface area contributed by atoms with E-state index in [1.165, 1.54) is 0 Å². The summed E-state index contributed by atoms with van der Waals surface area (Å²) in [6.07, 6.45) is 3.27. The van der Waals surface area contributed by atoms with Gasteiger partial charge in [0, 0.05) is 32.0 Å². The molecule has 1 rings (SSSR count). The molecule has 0 aliphatic heterocycles. The molecule has 1 aromatic rings. The van der Waals surface area contributed by atoms with Crippen molar-refractivity contribution in [3.63, 3.8) is 0 Å². The quantitative estimate of drug-likeness (QED) is 0.581. The second-order valence-electron chi connectivity index (χ2n) is 4.03. The Kier molecular flexibility index (Phi) is 5.74. The number of hydrogen-bond acceptors (Lipinski definition) is 4. The zero-order chi connectivity index (χ0) is 14.3. The SMILES string of the molecule is Cc1cnccc1CNC(=O)N[C@H](CCO)C(=O)O. The second kappa shape index (κ2) is 7.32. The first kappa shape index (κ1) is 14.9. The molecule has 7 heteroatoms. The van der Waals surface area contributed by atoms with Gasteiger partial charge in [-0.15, -0.1) is 0 Å². The van der Waals surface area contributed by atoms with Gasteiger partial charge in [-0.2, -0.15) is 0 Å². The van der Waals surface area contributed by atoms with Gasteiger partial charge in [0.2, 0.25) is 0 Å². The minimum atomic E-state index is -1.18. The Hall–Kier alpha value is -2.15. The summed E-state index contributed by atoms with van der Waals surface area (Å²) in [5.74, 6) is -1.18. The van der Waals surface area contributed by atoms with E-state index in [4.69, 9.17) is 10.2 Å². The number of aliphatic hydroxyl groups excluding tert-OH is 1. The average molecular weight is 267 g/mol. The summed E-state index contributed by atoms with van der Waals surface area (Å²) in [5.41, 5.74) is 1.84. The number of carboxylic acids is 1. The smallest absolute Gasteiger partial charge is 0.326 e. The van der Waals surface area contributed by atoms with Gasteiger partial charge in [-0.3, -0.25) is 4.98 Å². The van der Waals surface area contributed by atoms with Crippen molar-refractivity contribution >= 4 is 12.0 Å². The molecule has 0 bridgehead atoms. The third-order valence-electron chi connectivity index (χ3n) is 2.60. The molecule has 7 nitrogen and oxygen atoms in total. The average Bonchev–Trinajstić information content (AvgIpc) is 2.37. The lowest BCUT2D eigenvalue weighted by Crippen LogP contribution is -2.46. The molecule has 0 aliphatic rings. The number of carboxylic acid groups (broad SMARTS) is 1. The first-order chi connectivity index (χ1) is 9.04. The Balaban J connectivity index is 2.47. The molecule has 1 heterocycles. The lowest BCUT2D eigenvalue weighted by Gasteiger charge is -2.14. The Morgan fingerprint density at radius 2 is 2.21 bits per heavy atom. The van der Waals surface area contributed by atoms with Crippen LogP contribution in [0.3, 0.4) is 0 Å². The third kappa shape index (κ3) is 4.92. The van der Waals surface area contributed by atoms with Crippen LogP contribution in [-0.2, 0) is 11.3 Å². The van der Waals surface area contributed by atoms with Crippen LogP contribution in [0, 0.1) is 6.92 Å². The van der Waals surface area contributed by atoms with Crippen LogP contribution in [0.4, 0.5) is 4.79 Å². The summed E-state index contributed by atoms with van der Waals surface area (Å²) in [5, 5.41) is 22.4. The Morgan fingerprint density at radius 1 is 1.47 bits per heavy atom. The Morgan fingerprint density at radius 3 is 2.79 bits per heavy atom. The zero-order valence-corrected chi connectivity index (χ0v) is 10.6. The third-order valence-corrected chi connectivity index (χ3v) is 2.60. The van der Waals surface area contributed by atoms with Gasteiger partial charge < -0.3 is 20.8 Å². The number of rotatable bonds is 6. The molecule has 0 spiro atoms. The Bertz CT molecular complexity index is 450. The molecule has 2 amide bonds. The minimum absolute atomic E-state index is 0.0307. The number of aryl methyl sites for hydroxylation is 1. The maximum absolute atomic E-state index is 11.5. The molecule has 0 saturated heterocycles. The van der Waals surface area contributed by atoms with Crippen molar-refractivity contribution in [3.8, 4) is 0 Å². The van der Waals surface area contributed by atoms with Crippen LogP contribution in [0.1, 0.15) is 17.5 Å². The molecule has 4 N–H and O–H groups in total. The van der Waals surface area contributed by atoms with Crippen molar-refractivity contribution in [1.82, 2.24) is 15.6 Å². The van der Waals surface area contributed by atoms with Crippen molar-refractivity contribution < 1.29 is 19.8 Å². The van der Waals surface area contributed by atoms with Crippen molar-refractivity contribution in [1.29, 1.82) is 0 Å². The van der Waals surface area contributed by atoms with E-state index < -0.39 is 18.0 Å². The molecule has 1 aromatic heterocycles. The van der Waals surface area contributed by atoms with Gasteiger partial charge >= 0.3 is 12.0 Å². The van der Waals surface area contributed by atoms with Crippen molar-refractivity contribution in [2.24, 2.45) is 0 Å². The summed E-state index contributed by atoms with van der Waals surface area (Å²) in [6.45, 7) is 1.85. The van der Waals surface area contributed by atoms with Crippen LogP contribution < -0.4 is 10.6 Å². The number of aliphatic hydroxyl groups is 1. The maximum atomic E-state index is 11.5. The summed E-state index contributed by atoms with van der Waals surface area (Å²) in [7, 11) is 0. The molecule has 104 valence electrons. The zero-order valence-electron chi connectivity index (χ0n) is 10.6. The van der Waals surface area contributed by atoms with Crippen molar-refractivity contribution in [2.45, 2.75) is 25.9 Å². The van der Waals surface area contributed by atoms with Crippen LogP contribution in [0.5, 0.6) is 0 Å². The van der Waals surface area contributed by atoms with Crippen LogP contribution in [0.25, 0.3) is 0 Å². The number of amides is 2. The van der Waals surface area contributed by atoms with Crippen LogP contribution in [0.15, 0.2) is 18.5 Å². The van der Waals surface area contributed by atoms with E-state index >= 15 is 0 Å². The molecule has 19 heavy (non-hydrogen) atoms. The van der Waals surface area contributed by atoms with Gasteiger partial charge in [0.1, 0.15) is 6.04 Å². The summed E-state index contributed by atoms with van der Waals surface area (Å²) >= 11 is 0. The van der Waals surface area contributed by atoms with E-state index in [0.29, 0.717) is 0 Å². The van der Waals surface area contributed by atoms with E-state index in [-0.39, 0.29) is 19.6 Å². The lowest BCUT2D eigenvalue weighted by atomic mass is 10.1. The number of carbonyl (C=O) groups excluding carboxylic acids is 1. The van der Waals surface area contributed by atoms with E-state index in [2.05, 4.69) is 15.6 Å². The van der Waals surface area contributed by atoms with E-state index in [1.807, 2.05) is 6.92 Å². The van der Waals surface area contributed by atoms with Crippen LogP contribution in [0.2, 0.25) is 0 Å². The van der Waals surface area contributed by atoms with Gasteiger partial charge in [0.25, 0.3) is 0 Å². The lowest BCUT2D eigenvalue weighted by molar-refractivity contribution is -0.139. The highest BCUT2D eigenvalue weighted by Gasteiger charge is 2.18. The summed E-state index contributed by atoms with van der Waals surface area (Å²) in [6, 6.07) is 0.0958. The van der Waals surface area contributed by atoms with Gasteiger partial charge in [0.15, 0.2) is 0 Å². The predicted octanol–water partition coefficient (Wildman–Crippen LogP) is 0.0248. The number of nitrogens with zero attached hydrogens (tertiary/aromatic N) is 1. The maximum Gasteiger partial charge on any atom is 0.326 e. The van der Waals surface area contributed by atoms with Gasteiger partial charge in [0.05, 0.1) is 0 Å². The number of pyridine rings is 1. The fraction of sp³-hybridized carbons (Fsp3) is 0.417. The van der Waals surface area contributed by atoms with Crippen LogP contribution >= 0.6 is 0 Å². The highest BCUT2D eigenvalue weighted by Crippen LogP contribution is 2.03. The number of aromatic nitrogens is 1. The molecular formula is C12H17N3O4. The number of urea groups is 1. The van der Waals surface area contributed by atoms with E-state index in [1.54, 1.807) is 18.5 Å². The molecule has 0 fully saturated rings. The summed E-state index contributed by atoms with van der Waals surface area (Å²) < 4.78 is 0. The van der Waals surface area contributed by atoms with Gasteiger partial charge in [-0.05, 0) is 24.1 Å². The molecule has 0 saturated carbocycles. The second-order valence-corrected chi connectivity index (χ2v) is 4.03. The fourth-order valence-electron chi connectivity index (χ4n) is 1.47. The first-order valence-corrected chi connectivity index (χ1v) is 5.82. The fourth-order valence-corrected chi connectivity index (χ4v) is 1.47. The molecule has 0 radical (unpaired) electrons. The monoisotopic (exact) mass is 267 g/mol. The number of aliphatic carboxylic acids is 1. The standard InChI is InChI=1S/C12H17N3O4/c1-8-6-13-4-2-9(8)7-14-12(19)15-10(3-5-16)11(17)18/h2,4,6,10,16H,3,5,7H2,1H3,(H,17,18)(H2,14,15,19)/t10-/m1/s1. The number of nitrogens with one attached hydrogen (secondary N) is 2. The molecule has 0 unspecified atom stereocenters. The van der Waals surface area contributed by atoms with Crippen molar-refractivity contribution in [2.75, 3.05) is 6.61 Å². The van der Waals surface area contributed by atoms with Gasteiger partial charge in [-0.1, -0.05) is 0 Å². The molecule has 0 aliphatic carbocycles. The Labute approximate surface area is 110 Å². The largest absolute Gasteiger partial charge is 0.480 e. The highest BCUT2D eigenvalue weighted by atomic mass is 16.4. The highest BCUT2D eigenvalue weighted by molar-refractivity contribution is 5.82. The topological polar surface area (TPSA) is 112 Å². The number of carbonyl (C=O) groups is 2. The minimum Gasteiger partial charge on any atom is -0.480 e. The summed E-state index contributed by atoms with van der Waals surface area (Å²) in [4.78, 5) is 26.3. The molecular weight excluding hydrogens is 250 g/mol. The predicted molar refractivity (Wildman–Crippen MR) is 67.5 cm³/mol. The van der Waals surface area contributed by atoms with E-state index in [0.717, 1.165) is 11.1 Å². The van der Waals surface area contributed by atoms with Gasteiger partial charge in [-0.25, -0.2) is 9.59 Å². The molecule has 1 atom stereocenters. The van der Waals surface area contributed by atoms with E-state index in [9.17, 15) is 9.59 Å². The normalized spacial score (nSPS) is 11.7. The molecule has 0 aromatic carbocycles. The van der Waals surface area contributed by atoms with Crippen LogP contribution in [-0.4, -0.2) is 39.8 Å². The van der Waals surface area contributed by atoms with Crippen molar-refractivity contribution in [3.05, 3.63) is 29.6 Å². The number of hydrogen-bond donors (Lipinski definition) is 4.